The molecule has 142 valence electrons. The fraction of sp³-hybridized carbons (Fsp3) is 0.571. The van der Waals surface area contributed by atoms with Crippen molar-refractivity contribution in [1.82, 2.24) is 15.2 Å². The number of H-pyrrole nitrogens is 1. The molecule has 2 aromatic rings. The van der Waals surface area contributed by atoms with Crippen LogP contribution in [-0.2, 0) is 11.2 Å². The van der Waals surface area contributed by atoms with Crippen molar-refractivity contribution in [2.75, 3.05) is 26.2 Å². The van der Waals surface area contributed by atoms with Gasteiger partial charge in [-0.1, -0.05) is 25.1 Å². The number of likely N-dealkylation sites (tertiary alicyclic amines) is 1. The summed E-state index contributed by atoms with van der Waals surface area (Å²) >= 11 is 0. The van der Waals surface area contributed by atoms with Gasteiger partial charge in [-0.15, -0.1) is 12.4 Å². The van der Waals surface area contributed by atoms with Gasteiger partial charge in [0.25, 0.3) is 0 Å². The summed E-state index contributed by atoms with van der Waals surface area (Å²) < 4.78 is 0. The average molecular weight is 376 g/mol. The lowest BCUT2D eigenvalue weighted by molar-refractivity contribution is -0.137. The summed E-state index contributed by atoms with van der Waals surface area (Å²) in [5.74, 6) is 1.21. The van der Waals surface area contributed by atoms with Crippen LogP contribution >= 0.6 is 12.4 Å². The molecule has 2 fully saturated rings. The molecular formula is C21H30ClN3O. The number of carbonyl (C=O) groups excluding carboxylic acids is 1. The van der Waals surface area contributed by atoms with Crippen molar-refractivity contribution in [3.63, 3.8) is 0 Å². The van der Waals surface area contributed by atoms with Gasteiger partial charge in [0.15, 0.2) is 0 Å². The van der Waals surface area contributed by atoms with Crippen molar-refractivity contribution in [3.8, 4) is 0 Å². The van der Waals surface area contributed by atoms with Crippen LogP contribution in [-0.4, -0.2) is 42.0 Å². The highest BCUT2D eigenvalue weighted by atomic mass is 35.5. The van der Waals surface area contributed by atoms with E-state index in [1.54, 1.807) is 0 Å². The molecule has 0 radical (unpaired) electrons. The Kier molecular flexibility index (Phi) is 6.25. The van der Waals surface area contributed by atoms with Crippen molar-refractivity contribution >= 4 is 29.2 Å². The summed E-state index contributed by atoms with van der Waals surface area (Å²) in [6, 6.07) is 6.63. The lowest BCUT2D eigenvalue weighted by Crippen LogP contribution is -2.44. The first-order valence-electron chi connectivity index (χ1n) is 9.86. The molecule has 1 amide bonds. The van der Waals surface area contributed by atoms with Crippen LogP contribution in [0.5, 0.6) is 0 Å². The third-order valence-electron chi connectivity index (χ3n) is 6.15. The predicted octanol–water partition coefficient (Wildman–Crippen LogP) is 3.86. The third kappa shape index (κ3) is 3.63. The number of fused-ring (bicyclic) bond motifs is 1. The van der Waals surface area contributed by atoms with Crippen LogP contribution in [0.3, 0.4) is 0 Å². The van der Waals surface area contributed by atoms with E-state index >= 15 is 0 Å². The number of hydrogen-bond acceptors (Lipinski definition) is 2. The molecular weight excluding hydrogens is 346 g/mol. The second kappa shape index (κ2) is 8.45. The first kappa shape index (κ1) is 19.2. The molecule has 2 N–H and O–H groups in total. The van der Waals surface area contributed by atoms with E-state index in [1.807, 2.05) is 0 Å². The maximum atomic E-state index is 12.7. The molecule has 1 aromatic carbocycles. The molecule has 4 nitrogen and oxygen atoms in total. The number of aryl methyl sites for hydroxylation is 1. The summed E-state index contributed by atoms with van der Waals surface area (Å²) in [6.45, 7) is 6.01. The minimum Gasteiger partial charge on any atom is -0.361 e. The number of rotatable bonds is 3. The van der Waals surface area contributed by atoms with E-state index in [-0.39, 0.29) is 18.3 Å². The maximum absolute atomic E-state index is 12.7. The van der Waals surface area contributed by atoms with E-state index in [2.05, 4.69) is 46.5 Å². The first-order valence-corrected chi connectivity index (χ1v) is 9.86. The zero-order chi connectivity index (χ0) is 17.2. The monoisotopic (exact) mass is 375 g/mol. The number of benzene rings is 1. The molecule has 0 atom stereocenters. The van der Waals surface area contributed by atoms with Crippen molar-refractivity contribution in [2.24, 2.45) is 5.92 Å². The molecule has 0 unspecified atom stereocenters. The van der Waals surface area contributed by atoms with E-state index in [0.717, 1.165) is 58.3 Å². The van der Waals surface area contributed by atoms with Gasteiger partial charge in [0.1, 0.15) is 0 Å². The largest absolute Gasteiger partial charge is 0.361 e. The minimum atomic E-state index is 0. The Bertz CT molecular complexity index is 743. The number of para-hydroxylation sites is 1. The molecule has 2 aliphatic heterocycles. The smallest absolute Gasteiger partial charge is 0.225 e. The van der Waals surface area contributed by atoms with Crippen LogP contribution in [0.4, 0.5) is 0 Å². The van der Waals surface area contributed by atoms with E-state index in [4.69, 9.17) is 0 Å². The zero-order valence-electron chi connectivity index (χ0n) is 15.6. The summed E-state index contributed by atoms with van der Waals surface area (Å²) in [6.07, 6.45) is 7.43. The molecule has 0 bridgehead atoms. The summed E-state index contributed by atoms with van der Waals surface area (Å²) in [5.41, 5.74) is 4.13. The zero-order valence-corrected chi connectivity index (χ0v) is 16.4. The minimum absolute atomic E-state index is 0. The normalized spacial score (nSPS) is 19.5. The average Bonchev–Trinajstić information content (AvgIpc) is 3.12. The third-order valence-corrected chi connectivity index (χ3v) is 6.15. The fourth-order valence-corrected chi connectivity index (χ4v) is 4.61. The number of hydrogen-bond donors (Lipinski definition) is 2. The Morgan fingerprint density at radius 3 is 2.58 bits per heavy atom. The van der Waals surface area contributed by atoms with Crippen molar-refractivity contribution < 1.29 is 4.79 Å². The molecule has 1 aromatic heterocycles. The highest BCUT2D eigenvalue weighted by molar-refractivity contribution is 5.86. The van der Waals surface area contributed by atoms with Gasteiger partial charge in [-0.2, -0.15) is 0 Å². The highest BCUT2D eigenvalue weighted by Gasteiger charge is 2.30. The quantitative estimate of drug-likeness (QED) is 0.855. The van der Waals surface area contributed by atoms with Gasteiger partial charge < -0.3 is 15.2 Å². The fourth-order valence-electron chi connectivity index (χ4n) is 4.61. The number of piperidine rings is 2. The molecule has 5 heteroatoms. The summed E-state index contributed by atoms with van der Waals surface area (Å²) in [7, 11) is 0. The molecule has 4 rings (SSSR count). The van der Waals surface area contributed by atoms with E-state index in [1.165, 1.54) is 22.0 Å². The number of halogens is 1. The lowest BCUT2D eigenvalue weighted by atomic mass is 9.87. The van der Waals surface area contributed by atoms with Crippen LogP contribution in [0.2, 0.25) is 0 Å². The Morgan fingerprint density at radius 1 is 1.15 bits per heavy atom. The Morgan fingerprint density at radius 2 is 1.88 bits per heavy atom. The number of carbonyl (C=O) groups is 1. The van der Waals surface area contributed by atoms with Crippen LogP contribution in [0.25, 0.3) is 10.9 Å². The second-order valence-electron chi connectivity index (χ2n) is 7.56. The molecule has 2 saturated heterocycles. The van der Waals surface area contributed by atoms with Crippen LogP contribution in [0, 0.1) is 5.92 Å². The van der Waals surface area contributed by atoms with Crippen LogP contribution in [0.1, 0.15) is 49.7 Å². The Hall–Kier alpha value is -1.52. The van der Waals surface area contributed by atoms with E-state index in [9.17, 15) is 4.79 Å². The molecule has 0 saturated carbocycles. The van der Waals surface area contributed by atoms with Crippen LogP contribution < -0.4 is 5.32 Å². The maximum Gasteiger partial charge on any atom is 0.225 e. The first-order chi connectivity index (χ1) is 12.3. The van der Waals surface area contributed by atoms with E-state index in [0.29, 0.717) is 11.8 Å². The summed E-state index contributed by atoms with van der Waals surface area (Å²) in [5, 5.41) is 4.73. The Balaban J connectivity index is 0.00000196. The van der Waals surface area contributed by atoms with Crippen molar-refractivity contribution in [1.29, 1.82) is 0 Å². The van der Waals surface area contributed by atoms with Gasteiger partial charge in [-0.05, 0) is 62.2 Å². The molecule has 26 heavy (non-hydrogen) atoms. The molecule has 0 aliphatic carbocycles. The second-order valence-corrected chi connectivity index (χ2v) is 7.56. The molecule has 2 aliphatic rings. The summed E-state index contributed by atoms with van der Waals surface area (Å²) in [4.78, 5) is 18.4. The SMILES string of the molecule is CCc1cccc2c(C3CCN(C(=O)C4CCNCC4)CC3)c[nH]c12.Cl. The number of aromatic amines is 1. The van der Waals surface area contributed by atoms with Crippen LogP contribution in [0.15, 0.2) is 24.4 Å². The van der Waals surface area contributed by atoms with Gasteiger partial charge in [0.2, 0.25) is 5.91 Å². The standard InChI is InChI=1S/C21H29N3O.ClH/c1-2-15-4-3-5-18-19(14-23-20(15)18)16-8-12-24(13-9-16)21(25)17-6-10-22-11-7-17;/h3-5,14,16-17,22-23H,2,6-13H2,1H3;1H. The lowest BCUT2D eigenvalue weighted by Gasteiger charge is -2.35. The van der Waals surface area contributed by atoms with E-state index < -0.39 is 0 Å². The number of nitrogens with zero attached hydrogens (tertiary/aromatic N) is 1. The molecule has 3 heterocycles. The number of nitrogens with one attached hydrogen (secondary N) is 2. The van der Waals surface area contributed by atoms with Gasteiger partial charge in [-0.3, -0.25) is 4.79 Å². The predicted molar refractivity (Wildman–Crippen MR) is 109 cm³/mol. The molecule has 0 spiro atoms. The van der Waals surface area contributed by atoms with Gasteiger partial charge >= 0.3 is 0 Å². The van der Waals surface area contributed by atoms with Gasteiger partial charge in [0.05, 0.1) is 0 Å². The topological polar surface area (TPSA) is 48.1 Å². The van der Waals surface area contributed by atoms with Gasteiger partial charge in [0, 0.05) is 36.1 Å². The number of aromatic nitrogens is 1. The van der Waals surface area contributed by atoms with Crippen molar-refractivity contribution in [2.45, 2.75) is 44.9 Å². The highest BCUT2D eigenvalue weighted by Crippen LogP contribution is 2.34. The van der Waals surface area contributed by atoms with Crippen molar-refractivity contribution in [3.05, 3.63) is 35.5 Å². The Labute approximate surface area is 162 Å². The van der Waals surface area contributed by atoms with Gasteiger partial charge in [-0.25, -0.2) is 0 Å². The number of amides is 1.